The van der Waals surface area contributed by atoms with Gasteiger partial charge in [-0.1, -0.05) is 26.0 Å². The lowest BCUT2D eigenvalue weighted by atomic mass is 9.89. The maximum Gasteiger partial charge on any atom is 0.238 e. The van der Waals surface area contributed by atoms with Gasteiger partial charge in [-0.3, -0.25) is 9.40 Å². The van der Waals surface area contributed by atoms with Crippen molar-refractivity contribution in [1.29, 1.82) is 5.41 Å². The summed E-state index contributed by atoms with van der Waals surface area (Å²) in [4.78, 5) is 0. The van der Waals surface area contributed by atoms with Gasteiger partial charge in [-0.05, 0) is 77.4 Å². The number of hydrogen-bond acceptors (Lipinski definition) is 4. The van der Waals surface area contributed by atoms with Crippen molar-refractivity contribution in [3.63, 3.8) is 0 Å². The molecule has 0 bridgehead atoms. The Labute approximate surface area is 178 Å². The van der Waals surface area contributed by atoms with Crippen LogP contribution in [0, 0.1) is 19.3 Å². The summed E-state index contributed by atoms with van der Waals surface area (Å²) in [6.45, 7) is 8.22. The zero-order valence-electron chi connectivity index (χ0n) is 18.0. The van der Waals surface area contributed by atoms with E-state index in [1.54, 1.807) is 30.1 Å². The first-order valence-corrected chi connectivity index (χ1v) is 11.5. The van der Waals surface area contributed by atoms with Crippen LogP contribution in [0.15, 0.2) is 42.6 Å². The van der Waals surface area contributed by atoms with Gasteiger partial charge >= 0.3 is 0 Å². The maximum atomic E-state index is 12.5. The van der Waals surface area contributed by atoms with Gasteiger partial charge in [0.25, 0.3) is 0 Å². The smallest absolute Gasteiger partial charge is 0.238 e. The summed E-state index contributed by atoms with van der Waals surface area (Å²) < 4.78 is 29.3. The van der Waals surface area contributed by atoms with Crippen LogP contribution in [0.25, 0.3) is 11.1 Å². The second-order valence-electron chi connectivity index (χ2n) is 7.95. The average molecular weight is 425 g/mol. The highest BCUT2D eigenvalue weighted by Crippen LogP contribution is 2.31. The normalized spacial score (nSPS) is 11.7. The summed E-state index contributed by atoms with van der Waals surface area (Å²) in [6, 6.07) is 11.5. The number of nitrogens with zero attached hydrogens (tertiary/aromatic N) is 2. The van der Waals surface area contributed by atoms with E-state index in [4.69, 9.17) is 5.41 Å². The molecule has 1 heterocycles. The molecule has 0 spiro atoms. The molecule has 2 aromatic carbocycles. The van der Waals surface area contributed by atoms with Crippen molar-refractivity contribution in [3.05, 3.63) is 70.5 Å². The molecule has 0 saturated carbocycles. The number of rotatable bonds is 7. The molecule has 1 aromatic heterocycles. The fourth-order valence-corrected chi connectivity index (χ4v) is 4.75. The third kappa shape index (κ3) is 4.79. The van der Waals surface area contributed by atoms with Crippen molar-refractivity contribution in [2.45, 2.75) is 39.4 Å². The molecular weight excluding hydrogens is 396 g/mol. The molecule has 30 heavy (non-hydrogen) atoms. The van der Waals surface area contributed by atoms with Crippen LogP contribution in [-0.4, -0.2) is 24.4 Å². The zero-order valence-corrected chi connectivity index (χ0v) is 18.8. The average Bonchev–Trinajstić information content (AvgIpc) is 3.07. The van der Waals surface area contributed by atoms with E-state index in [1.165, 1.54) is 11.8 Å². The topological polar surface area (TPSA) is 87.8 Å². The van der Waals surface area contributed by atoms with Gasteiger partial charge in [0.2, 0.25) is 10.0 Å². The molecule has 0 saturated heterocycles. The molecule has 0 unspecified atom stereocenters. The number of sulfonamides is 1. The minimum absolute atomic E-state index is 0.173. The van der Waals surface area contributed by atoms with Crippen molar-refractivity contribution < 1.29 is 8.42 Å². The highest BCUT2D eigenvalue weighted by molar-refractivity contribution is 7.91. The number of nitrogens with one attached hydrogen (secondary N) is 2. The van der Waals surface area contributed by atoms with Crippen LogP contribution >= 0.6 is 0 Å². The van der Waals surface area contributed by atoms with Gasteiger partial charge in [-0.15, -0.1) is 0 Å². The molecule has 0 aliphatic rings. The molecule has 3 aromatic rings. The van der Waals surface area contributed by atoms with E-state index < -0.39 is 10.0 Å². The second kappa shape index (κ2) is 8.44. The molecular formula is C23H28N4O2S. The van der Waals surface area contributed by atoms with Gasteiger partial charge in [0.05, 0.1) is 11.4 Å². The fourth-order valence-electron chi connectivity index (χ4n) is 3.57. The molecule has 158 valence electrons. The summed E-state index contributed by atoms with van der Waals surface area (Å²) in [5.41, 5.74) is 7.13. The summed E-state index contributed by atoms with van der Waals surface area (Å²) in [5.74, 6) is 0.176. The van der Waals surface area contributed by atoms with Gasteiger partial charge in [-0.25, -0.2) is 8.42 Å². The third-order valence-corrected chi connectivity index (χ3v) is 6.40. The number of benzene rings is 2. The Balaban J connectivity index is 1.90. The molecule has 6 nitrogen and oxygen atoms in total. The van der Waals surface area contributed by atoms with Gasteiger partial charge in [0.15, 0.2) is 0 Å². The first kappa shape index (κ1) is 21.8. The van der Waals surface area contributed by atoms with E-state index in [1.807, 2.05) is 32.0 Å². The molecule has 2 N–H and O–H groups in total. The summed E-state index contributed by atoms with van der Waals surface area (Å²) >= 11 is 0. The Hall–Kier alpha value is -2.93. The quantitative estimate of drug-likeness (QED) is 0.536. The Morgan fingerprint density at radius 1 is 1.13 bits per heavy atom. The summed E-state index contributed by atoms with van der Waals surface area (Å²) in [5, 5.41) is 11.9. The molecule has 3 rings (SSSR count). The molecule has 0 aliphatic carbocycles. The lowest BCUT2D eigenvalue weighted by Gasteiger charge is -2.16. The maximum absolute atomic E-state index is 12.5. The molecule has 0 atom stereocenters. The fraction of sp³-hybridized carbons (Fsp3) is 0.304. The van der Waals surface area contributed by atoms with Crippen LogP contribution in [0.2, 0.25) is 0 Å². The van der Waals surface area contributed by atoms with Crippen LogP contribution in [0.3, 0.4) is 0 Å². The molecule has 0 amide bonds. The third-order valence-electron chi connectivity index (χ3n) is 5.20. The first-order valence-electron chi connectivity index (χ1n) is 9.84. The van der Waals surface area contributed by atoms with Gasteiger partial charge in [0, 0.05) is 19.5 Å². The van der Waals surface area contributed by atoms with E-state index in [0.29, 0.717) is 17.3 Å². The van der Waals surface area contributed by atoms with Crippen LogP contribution in [0.5, 0.6) is 0 Å². The molecule has 0 fully saturated rings. The molecule has 0 aliphatic heterocycles. The first-order chi connectivity index (χ1) is 14.1. The van der Waals surface area contributed by atoms with Crippen molar-refractivity contribution >= 4 is 21.9 Å². The Morgan fingerprint density at radius 2 is 1.87 bits per heavy atom. The molecule has 0 radical (unpaired) electrons. The summed E-state index contributed by atoms with van der Waals surface area (Å²) in [6.07, 6.45) is 3.11. The lowest BCUT2D eigenvalue weighted by Crippen LogP contribution is -2.16. The highest BCUT2D eigenvalue weighted by atomic mass is 32.2. The standard InChI is InChI=1S/C23H28N4O2S/c1-15(2)22-12-19(11-20(13-24)17(22)4)18-6-7-23(16(3)10-18)26-30(28,29)14-21-8-9-27(5)25-21/h6-13,15,24,26H,14H2,1-5H3. The van der Waals surface area contributed by atoms with Crippen LogP contribution < -0.4 is 4.72 Å². The van der Waals surface area contributed by atoms with E-state index in [-0.39, 0.29) is 5.75 Å². The van der Waals surface area contributed by atoms with Crippen LogP contribution in [0.1, 0.15) is 47.7 Å². The SMILES string of the molecule is Cc1cc(-c2cc(C=N)c(C)c(C(C)C)c2)ccc1NS(=O)(=O)Cc1ccn(C)n1. The Bertz CT molecular complexity index is 1190. The minimum atomic E-state index is -3.56. The zero-order chi connectivity index (χ0) is 22.1. The van der Waals surface area contributed by atoms with Gasteiger partial charge in [-0.2, -0.15) is 5.10 Å². The van der Waals surface area contributed by atoms with Crippen molar-refractivity contribution in [3.8, 4) is 11.1 Å². The van der Waals surface area contributed by atoms with E-state index >= 15 is 0 Å². The number of aryl methyl sites for hydroxylation is 2. The second-order valence-corrected chi connectivity index (χ2v) is 9.67. The highest BCUT2D eigenvalue weighted by Gasteiger charge is 2.16. The number of anilines is 1. The van der Waals surface area contributed by atoms with Gasteiger partial charge in [0.1, 0.15) is 5.75 Å². The number of hydrogen-bond donors (Lipinski definition) is 2. The van der Waals surface area contributed by atoms with Crippen molar-refractivity contribution in [2.24, 2.45) is 7.05 Å². The van der Waals surface area contributed by atoms with E-state index in [2.05, 4.69) is 29.7 Å². The van der Waals surface area contributed by atoms with Crippen molar-refractivity contribution in [1.82, 2.24) is 9.78 Å². The monoisotopic (exact) mass is 424 g/mol. The van der Waals surface area contributed by atoms with E-state index in [0.717, 1.165) is 27.8 Å². The summed E-state index contributed by atoms with van der Waals surface area (Å²) in [7, 11) is -1.81. The number of aromatic nitrogens is 2. The molecule has 7 heteroatoms. The van der Waals surface area contributed by atoms with Gasteiger partial charge < -0.3 is 5.41 Å². The minimum Gasteiger partial charge on any atom is -0.308 e. The van der Waals surface area contributed by atoms with Crippen LogP contribution in [0.4, 0.5) is 5.69 Å². The van der Waals surface area contributed by atoms with Crippen molar-refractivity contribution in [2.75, 3.05) is 4.72 Å². The predicted octanol–water partition coefficient (Wildman–Crippen LogP) is 4.77. The Morgan fingerprint density at radius 3 is 2.43 bits per heavy atom. The Kier molecular flexibility index (Phi) is 6.12. The predicted molar refractivity (Wildman–Crippen MR) is 123 cm³/mol. The largest absolute Gasteiger partial charge is 0.308 e. The van der Waals surface area contributed by atoms with E-state index in [9.17, 15) is 8.42 Å². The van der Waals surface area contributed by atoms with Crippen LogP contribution in [-0.2, 0) is 22.8 Å². The lowest BCUT2D eigenvalue weighted by molar-refractivity contribution is 0.599.